The van der Waals surface area contributed by atoms with Crippen LogP contribution in [0.1, 0.15) is 11.1 Å². The molecule has 0 amide bonds. The van der Waals surface area contributed by atoms with E-state index in [4.69, 9.17) is 9.47 Å². The SMILES string of the molecule is COC(=O)[C@H](Cc1c[nH]c2ccccc12)N=Cc1c(O)n(-c2ccc(OC)cc2)c(=O)[nH]c1=O. The van der Waals surface area contributed by atoms with E-state index < -0.39 is 29.1 Å². The normalized spacial score (nSPS) is 12.2. The van der Waals surface area contributed by atoms with Crippen molar-refractivity contribution in [2.75, 3.05) is 14.2 Å². The maximum absolute atomic E-state index is 12.4. The van der Waals surface area contributed by atoms with Crippen molar-refractivity contribution >= 4 is 23.1 Å². The molecule has 0 aliphatic carbocycles. The number of fused-ring (bicyclic) bond motifs is 1. The van der Waals surface area contributed by atoms with E-state index >= 15 is 0 Å². The van der Waals surface area contributed by atoms with Gasteiger partial charge in [0.25, 0.3) is 5.56 Å². The molecule has 0 aliphatic heterocycles. The summed E-state index contributed by atoms with van der Waals surface area (Å²) in [4.78, 5) is 46.8. The molecule has 0 saturated carbocycles. The average molecular weight is 462 g/mol. The highest BCUT2D eigenvalue weighted by molar-refractivity contribution is 5.87. The summed E-state index contributed by atoms with van der Waals surface area (Å²) in [5.41, 5.74) is 0.107. The lowest BCUT2D eigenvalue weighted by Crippen LogP contribution is -2.31. The lowest BCUT2D eigenvalue weighted by Gasteiger charge is -2.12. The molecule has 4 rings (SSSR count). The summed E-state index contributed by atoms with van der Waals surface area (Å²) in [7, 11) is 2.75. The molecule has 174 valence electrons. The highest BCUT2D eigenvalue weighted by Gasteiger charge is 2.21. The Bertz CT molecular complexity index is 1480. The second kappa shape index (κ2) is 9.49. The Labute approximate surface area is 193 Å². The predicted octanol–water partition coefficient (Wildman–Crippen LogP) is 1.92. The maximum atomic E-state index is 12.4. The van der Waals surface area contributed by atoms with Gasteiger partial charge in [-0.25, -0.2) is 14.2 Å². The lowest BCUT2D eigenvalue weighted by molar-refractivity contribution is -0.142. The van der Waals surface area contributed by atoms with E-state index in [9.17, 15) is 19.5 Å². The minimum absolute atomic E-state index is 0.198. The fraction of sp³-hybridized carbons (Fsp3) is 0.167. The Morgan fingerprint density at radius 1 is 1.15 bits per heavy atom. The van der Waals surface area contributed by atoms with Gasteiger partial charge in [0.05, 0.1) is 19.9 Å². The van der Waals surface area contributed by atoms with Crippen LogP contribution in [-0.4, -0.2) is 52.1 Å². The molecule has 4 aromatic rings. The number of nitrogens with zero attached hydrogens (tertiary/aromatic N) is 2. The molecule has 2 heterocycles. The van der Waals surface area contributed by atoms with Crippen molar-refractivity contribution in [1.82, 2.24) is 14.5 Å². The third-order valence-corrected chi connectivity index (χ3v) is 5.40. The van der Waals surface area contributed by atoms with Crippen molar-refractivity contribution in [3.63, 3.8) is 0 Å². The first-order chi connectivity index (χ1) is 16.4. The van der Waals surface area contributed by atoms with Crippen LogP contribution in [0.3, 0.4) is 0 Å². The van der Waals surface area contributed by atoms with Gasteiger partial charge in [-0.1, -0.05) is 18.2 Å². The molecule has 0 radical (unpaired) electrons. The van der Waals surface area contributed by atoms with Crippen LogP contribution >= 0.6 is 0 Å². The Morgan fingerprint density at radius 3 is 2.59 bits per heavy atom. The second-order valence-electron chi connectivity index (χ2n) is 7.41. The predicted molar refractivity (Wildman–Crippen MR) is 126 cm³/mol. The molecule has 0 saturated heterocycles. The number of carbonyl (C=O) groups excluding carboxylic acids is 1. The Hall–Kier alpha value is -4.60. The number of ether oxygens (including phenoxy) is 2. The number of hydrogen-bond acceptors (Lipinski definition) is 7. The monoisotopic (exact) mass is 462 g/mol. The molecule has 2 aromatic heterocycles. The van der Waals surface area contributed by atoms with Crippen LogP contribution in [0.4, 0.5) is 0 Å². The number of aromatic amines is 2. The maximum Gasteiger partial charge on any atom is 0.335 e. The molecule has 1 atom stereocenters. The van der Waals surface area contributed by atoms with Crippen molar-refractivity contribution < 1.29 is 19.4 Å². The van der Waals surface area contributed by atoms with Gasteiger partial charge >= 0.3 is 11.7 Å². The number of aromatic hydroxyl groups is 1. The quantitative estimate of drug-likeness (QED) is 0.283. The molecule has 0 fully saturated rings. The van der Waals surface area contributed by atoms with Gasteiger partial charge in [0, 0.05) is 29.7 Å². The molecule has 0 bridgehead atoms. The van der Waals surface area contributed by atoms with E-state index in [1.807, 2.05) is 24.3 Å². The number of carbonyl (C=O) groups is 1. The van der Waals surface area contributed by atoms with Gasteiger partial charge in [0.1, 0.15) is 11.3 Å². The topological polar surface area (TPSA) is 139 Å². The summed E-state index contributed by atoms with van der Waals surface area (Å²) in [5, 5.41) is 11.7. The van der Waals surface area contributed by atoms with Gasteiger partial charge < -0.3 is 19.6 Å². The van der Waals surface area contributed by atoms with Crippen LogP contribution in [0.2, 0.25) is 0 Å². The van der Waals surface area contributed by atoms with Gasteiger partial charge in [-0.05, 0) is 35.9 Å². The van der Waals surface area contributed by atoms with E-state index in [1.165, 1.54) is 14.2 Å². The Morgan fingerprint density at radius 2 is 1.88 bits per heavy atom. The number of H-pyrrole nitrogens is 2. The molecule has 2 aromatic carbocycles. The zero-order valence-electron chi connectivity index (χ0n) is 18.4. The zero-order chi connectivity index (χ0) is 24.2. The summed E-state index contributed by atoms with van der Waals surface area (Å²) < 4.78 is 10.9. The van der Waals surface area contributed by atoms with Gasteiger partial charge in [-0.3, -0.25) is 14.8 Å². The molecule has 10 nitrogen and oxygen atoms in total. The number of para-hydroxylation sites is 1. The average Bonchev–Trinajstić information content (AvgIpc) is 3.25. The number of nitrogens with one attached hydrogen (secondary N) is 2. The summed E-state index contributed by atoms with van der Waals surface area (Å²) in [6.07, 6.45) is 3.05. The van der Waals surface area contributed by atoms with Crippen molar-refractivity contribution in [1.29, 1.82) is 0 Å². The molecule has 0 unspecified atom stereocenters. The lowest BCUT2D eigenvalue weighted by atomic mass is 10.1. The van der Waals surface area contributed by atoms with Crippen LogP contribution < -0.4 is 16.0 Å². The number of methoxy groups -OCH3 is 2. The van der Waals surface area contributed by atoms with Crippen molar-refractivity contribution in [2.24, 2.45) is 4.99 Å². The smallest absolute Gasteiger partial charge is 0.335 e. The van der Waals surface area contributed by atoms with Gasteiger partial charge in [-0.15, -0.1) is 0 Å². The van der Waals surface area contributed by atoms with Crippen LogP contribution in [0, 0.1) is 0 Å². The number of benzene rings is 2. The van der Waals surface area contributed by atoms with Crippen molar-refractivity contribution in [3.8, 4) is 17.3 Å². The number of aliphatic imine (C=N–C) groups is 1. The van der Waals surface area contributed by atoms with E-state index in [2.05, 4.69) is 15.0 Å². The molecular weight excluding hydrogens is 440 g/mol. The fourth-order valence-corrected chi connectivity index (χ4v) is 3.63. The molecule has 10 heteroatoms. The third kappa shape index (κ3) is 4.33. The highest BCUT2D eigenvalue weighted by Crippen LogP contribution is 2.21. The van der Waals surface area contributed by atoms with E-state index in [1.54, 1.807) is 30.5 Å². The minimum atomic E-state index is -0.982. The fourth-order valence-electron chi connectivity index (χ4n) is 3.63. The largest absolute Gasteiger partial charge is 0.497 e. The first kappa shape index (κ1) is 22.6. The molecule has 0 spiro atoms. The molecule has 34 heavy (non-hydrogen) atoms. The zero-order valence-corrected chi connectivity index (χ0v) is 18.4. The van der Waals surface area contributed by atoms with Gasteiger partial charge in [-0.2, -0.15) is 0 Å². The van der Waals surface area contributed by atoms with Crippen LogP contribution in [0.15, 0.2) is 69.3 Å². The molecule has 0 aliphatic rings. The van der Waals surface area contributed by atoms with Gasteiger partial charge in [0.15, 0.2) is 6.04 Å². The van der Waals surface area contributed by atoms with Crippen LogP contribution in [-0.2, 0) is 16.0 Å². The summed E-state index contributed by atoms with van der Waals surface area (Å²) in [5.74, 6) is -0.667. The summed E-state index contributed by atoms with van der Waals surface area (Å²) in [6.45, 7) is 0. The number of rotatable bonds is 7. The first-order valence-corrected chi connectivity index (χ1v) is 10.3. The minimum Gasteiger partial charge on any atom is -0.497 e. The Kier molecular flexibility index (Phi) is 6.30. The van der Waals surface area contributed by atoms with Crippen LogP contribution in [0.5, 0.6) is 11.6 Å². The summed E-state index contributed by atoms with van der Waals surface area (Å²) >= 11 is 0. The highest BCUT2D eigenvalue weighted by atomic mass is 16.5. The number of aromatic nitrogens is 3. The number of hydrogen-bond donors (Lipinski definition) is 3. The van der Waals surface area contributed by atoms with E-state index in [0.29, 0.717) is 11.4 Å². The van der Waals surface area contributed by atoms with Gasteiger partial charge in [0.2, 0.25) is 5.88 Å². The van der Waals surface area contributed by atoms with Crippen molar-refractivity contribution in [2.45, 2.75) is 12.5 Å². The standard InChI is InChI=1S/C24H22N4O6/c1-33-16-9-7-15(8-10-16)28-22(30)18(21(29)27-24(28)32)13-26-20(23(31)34-2)11-14-12-25-19-6-4-3-5-17(14)19/h3-10,12-13,20,25,30H,11H2,1-2H3,(H,27,29,32)/t20-/m0/s1. The second-order valence-corrected chi connectivity index (χ2v) is 7.41. The third-order valence-electron chi connectivity index (χ3n) is 5.40. The summed E-state index contributed by atoms with van der Waals surface area (Å²) in [6, 6.07) is 12.9. The first-order valence-electron chi connectivity index (χ1n) is 10.3. The van der Waals surface area contributed by atoms with E-state index in [-0.39, 0.29) is 12.0 Å². The Balaban J connectivity index is 1.71. The molecular formula is C24H22N4O6. The van der Waals surface area contributed by atoms with Crippen LogP contribution in [0.25, 0.3) is 16.6 Å². The van der Waals surface area contributed by atoms with E-state index in [0.717, 1.165) is 27.2 Å². The van der Waals surface area contributed by atoms with Crippen molar-refractivity contribution in [3.05, 3.63) is 86.7 Å². The number of esters is 1. The molecule has 3 N–H and O–H groups in total.